The van der Waals surface area contributed by atoms with Crippen molar-refractivity contribution in [3.05, 3.63) is 30.3 Å². The Kier molecular flexibility index (Phi) is 7.25. The predicted molar refractivity (Wildman–Crippen MR) is 101 cm³/mol. The fraction of sp³-hybridized carbons (Fsp3) is 0.611. The second-order valence-electron chi connectivity index (χ2n) is 6.52. The highest BCUT2D eigenvalue weighted by atomic mass is 32.2. The molecule has 1 aliphatic heterocycles. The van der Waals surface area contributed by atoms with Crippen LogP contribution in [-0.2, 0) is 14.8 Å². The molecule has 140 valence electrons. The number of nitrogens with one attached hydrogen (secondary N) is 1. The number of para-hydroxylation sites is 1. The van der Waals surface area contributed by atoms with Crippen LogP contribution in [0.5, 0.6) is 0 Å². The molecule has 1 fully saturated rings. The molecular weight excluding hydrogens is 338 g/mol. The van der Waals surface area contributed by atoms with Gasteiger partial charge in [0.15, 0.2) is 0 Å². The number of amides is 1. The largest absolute Gasteiger partial charge is 0.372 e. The van der Waals surface area contributed by atoms with Gasteiger partial charge in [0.1, 0.15) is 0 Å². The number of rotatable bonds is 8. The average Bonchev–Trinajstić information content (AvgIpc) is 2.62. The van der Waals surface area contributed by atoms with E-state index in [-0.39, 0.29) is 11.8 Å². The number of sulfonamides is 1. The predicted octanol–water partition coefficient (Wildman–Crippen LogP) is 1.69. The van der Waals surface area contributed by atoms with Crippen molar-refractivity contribution < 1.29 is 13.2 Å². The normalized spacial score (nSPS) is 18.7. The van der Waals surface area contributed by atoms with Crippen LogP contribution in [0, 0.1) is 5.92 Å². The molecule has 0 aliphatic carbocycles. The average molecular weight is 368 g/mol. The highest BCUT2D eigenvalue weighted by Crippen LogP contribution is 2.19. The molecule has 1 aromatic carbocycles. The molecule has 2 rings (SSSR count). The Labute approximate surface area is 151 Å². The van der Waals surface area contributed by atoms with Crippen molar-refractivity contribution in [1.82, 2.24) is 9.62 Å². The monoisotopic (exact) mass is 367 g/mol. The Hall–Kier alpha value is -1.60. The van der Waals surface area contributed by atoms with Gasteiger partial charge in [0, 0.05) is 38.4 Å². The van der Waals surface area contributed by atoms with Crippen LogP contribution in [0.4, 0.5) is 5.69 Å². The van der Waals surface area contributed by atoms with E-state index in [0.29, 0.717) is 19.6 Å². The molecule has 1 atom stereocenters. The molecule has 0 spiro atoms. The Morgan fingerprint density at radius 3 is 2.68 bits per heavy atom. The zero-order valence-corrected chi connectivity index (χ0v) is 16.0. The van der Waals surface area contributed by atoms with Gasteiger partial charge >= 0.3 is 0 Å². The summed E-state index contributed by atoms with van der Waals surface area (Å²) in [4.78, 5) is 14.6. The Balaban J connectivity index is 1.75. The first-order valence-electron chi connectivity index (χ1n) is 8.94. The van der Waals surface area contributed by atoms with E-state index in [4.69, 9.17) is 0 Å². The Morgan fingerprint density at radius 2 is 2.04 bits per heavy atom. The molecule has 6 nitrogen and oxygen atoms in total. The maximum atomic E-state index is 12.3. The maximum absolute atomic E-state index is 12.3. The van der Waals surface area contributed by atoms with E-state index in [1.54, 1.807) is 0 Å². The van der Waals surface area contributed by atoms with Crippen molar-refractivity contribution >= 4 is 21.6 Å². The lowest BCUT2D eigenvalue weighted by molar-refractivity contribution is -0.126. The van der Waals surface area contributed by atoms with Crippen molar-refractivity contribution in [2.24, 2.45) is 5.92 Å². The van der Waals surface area contributed by atoms with Gasteiger partial charge < -0.3 is 10.2 Å². The summed E-state index contributed by atoms with van der Waals surface area (Å²) in [6.07, 6.45) is 3.55. The zero-order chi connectivity index (χ0) is 18.3. The molecule has 0 unspecified atom stereocenters. The van der Waals surface area contributed by atoms with E-state index in [0.717, 1.165) is 32.4 Å². The number of carbonyl (C=O) groups is 1. The fourth-order valence-electron chi connectivity index (χ4n) is 3.19. The van der Waals surface area contributed by atoms with Crippen LogP contribution in [0.2, 0.25) is 0 Å². The summed E-state index contributed by atoms with van der Waals surface area (Å²) >= 11 is 0. The first-order valence-corrected chi connectivity index (χ1v) is 10.8. The fourth-order valence-corrected chi connectivity index (χ4v) is 4.10. The molecule has 1 saturated heterocycles. The van der Waals surface area contributed by atoms with Gasteiger partial charge in [0.2, 0.25) is 15.9 Å². The van der Waals surface area contributed by atoms with Crippen LogP contribution in [0.15, 0.2) is 30.3 Å². The third-order valence-corrected chi connectivity index (χ3v) is 5.90. The molecule has 1 aliphatic rings. The standard InChI is InChI=1S/C18H29N3O3S/c1-3-20(17-10-5-4-6-11-17)13-8-12-19-18(22)16-9-7-14-21(15-16)25(2,23)24/h4-6,10-11,16H,3,7-9,12-15H2,1-2H3,(H,19,22)/t16-/m1/s1. The molecule has 1 aromatic rings. The van der Waals surface area contributed by atoms with Gasteiger partial charge in [-0.1, -0.05) is 18.2 Å². The highest BCUT2D eigenvalue weighted by molar-refractivity contribution is 7.88. The Bertz CT molecular complexity index is 649. The van der Waals surface area contributed by atoms with Crippen molar-refractivity contribution in [3.8, 4) is 0 Å². The van der Waals surface area contributed by atoms with Crippen LogP contribution in [0.1, 0.15) is 26.2 Å². The summed E-state index contributed by atoms with van der Waals surface area (Å²) in [6, 6.07) is 10.2. The maximum Gasteiger partial charge on any atom is 0.224 e. The summed E-state index contributed by atoms with van der Waals surface area (Å²) in [5.74, 6) is -0.268. The lowest BCUT2D eigenvalue weighted by atomic mass is 9.99. The van der Waals surface area contributed by atoms with Crippen molar-refractivity contribution in [2.75, 3.05) is 43.9 Å². The van der Waals surface area contributed by atoms with E-state index in [1.165, 1.54) is 16.2 Å². The number of piperidine rings is 1. The second kappa shape index (κ2) is 9.20. The minimum absolute atomic E-state index is 0.0314. The number of hydrogen-bond acceptors (Lipinski definition) is 4. The first-order chi connectivity index (χ1) is 11.9. The highest BCUT2D eigenvalue weighted by Gasteiger charge is 2.29. The molecular formula is C18H29N3O3S. The summed E-state index contributed by atoms with van der Waals surface area (Å²) in [6.45, 7) is 5.34. The molecule has 1 N–H and O–H groups in total. The van der Waals surface area contributed by atoms with Crippen molar-refractivity contribution in [3.63, 3.8) is 0 Å². The van der Waals surface area contributed by atoms with Crippen LogP contribution < -0.4 is 10.2 Å². The SMILES string of the molecule is CCN(CCCNC(=O)[C@@H]1CCCN(S(C)(=O)=O)C1)c1ccccc1. The molecule has 1 amide bonds. The molecule has 7 heteroatoms. The number of benzene rings is 1. The molecule has 25 heavy (non-hydrogen) atoms. The van der Waals surface area contributed by atoms with Crippen molar-refractivity contribution in [2.45, 2.75) is 26.2 Å². The summed E-state index contributed by atoms with van der Waals surface area (Å²) in [5, 5.41) is 2.97. The smallest absolute Gasteiger partial charge is 0.224 e. The Morgan fingerprint density at radius 1 is 1.32 bits per heavy atom. The minimum Gasteiger partial charge on any atom is -0.372 e. The third kappa shape index (κ3) is 6.01. The number of nitrogens with zero attached hydrogens (tertiary/aromatic N) is 2. The minimum atomic E-state index is -3.22. The van der Waals surface area contributed by atoms with Gasteiger partial charge in [-0.2, -0.15) is 0 Å². The molecule has 0 saturated carbocycles. The molecule has 0 aromatic heterocycles. The van der Waals surface area contributed by atoms with Gasteiger partial charge in [-0.05, 0) is 38.3 Å². The van der Waals surface area contributed by atoms with Crippen LogP contribution in [0.25, 0.3) is 0 Å². The number of carbonyl (C=O) groups excluding carboxylic acids is 1. The summed E-state index contributed by atoms with van der Waals surface area (Å²) in [7, 11) is -3.22. The van der Waals surface area contributed by atoms with Gasteiger partial charge in [-0.15, -0.1) is 0 Å². The third-order valence-electron chi connectivity index (χ3n) is 4.63. The van der Waals surface area contributed by atoms with E-state index in [1.807, 2.05) is 18.2 Å². The van der Waals surface area contributed by atoms with E-state index < -0.39 is 10.0 Å². The molecule has 0 bridgehead atoms. The van der Waals surface area contributed by atoms with Gasteiger partial charge in [0.05, 0.1) is 12.2 Å². The van der Waals surface area contributed by atoms with Gasteiger partial charge in [-0.3, -0.25) is 4.79 Å². The number of anilines is 1. The second-order valence-corrected chi connectivity index (χ2v) is 8.50. The van der Waals surface area contributed by atoms with Crippen molar-refractivity contribution in [1.29, 1.82) is 0 Å². The lowest BCUT2D eigenvalue weighted by Crippen LogP contribution is -2.45. The van der Waals surface area contributed by atoms with Crippen LogP contribution in [-0.4, -0.2) is 57.6 Å². The van der Waals surface area contributed by atoms with Gasteiger partial charge in [-0.25, -0.2) is 12.7 Å². The lowest BCUT2D eigenvalue weighted by Gasteiger charge is -2.30. The summed E-state index contributed by atoms with van der Waals surface area (Å²) in [5.41, 5.74) is 1.19. The molecule has 0 radical (unpaired) electrons. The van der Waals surface area contributed by atoms with E-state index in [9.17, 15) is 13.2 Å². The quantitative estimate of drug-likeness (QED) is 0.710. The van der Waals surface area contributed by atoms with Crippen LogP contribution in [0.3, 0.4) is 0 Å². The van der Waals surface area contributed by atoms with Gasteiger partial charge in [0.25, 0.3) is 0 Å². The first kappa shape index (κ1) is 19.7. The molecule has 1 heterocycles. The van der Waals surface area contributed by atoms with E-state index >= 15 is 0 Å². The van der Waals surface area contributed by atoms with E-state index in [2.05, 4.69) is 29.3 Å². The number of hydrogen-bond donors (Lipinski definition) is 1. The summed E-state index contributed by atoms with van der Waals surface area (Å²) < 4.78 is 24.7. The topological polar surface area (TPSA) is 69.7 Å². The zero-order valence-electron chi connectivity index (χ0n) is 15.1. The van der Waals surface area contributed by atoms with Crippen LogP contribution >= 0.6 is 0 Å².